The van der Waals surface area contributed by atoms with E-state index in [1.54, 1.807) is 0 Å². The summed E-state index contributed by atoms with van der Waals surface area (Å²) in [7, 11) is 0. The second-order valence-electron chi connectivity index (χ2n) is 6.99. The summed E-state index contributed by atoms with van der Waals surface area (Å²) in [5, 5.41) is 4.25. The summed E-state index contributed by atoms with van der Waals surface area (Å²) in [5.74, 6) is 0.162. The van der Waals surface area contributed by atoms with Crippen molar-refractivity contribution < 1.29 is 4.79 Å². The monoisotopic (exact) mass is 348 g/mol. The van der Waals surface area contributed by atoms with Crippen LogP contribution < -0.4 is 5.32 Å². The van der Waals surface area contributed by atoms with Crippen LogP contribution in [0, 0.1) is 6.92 Å². The van der Waals surface area contributed by atoms with Gasteiger partial charge in [0.1, 0.15) is 0 Å². The van der Waals surface area contributed by atoms with E-state index in [2.05, 4.69) is 78.5 Å². The predicted octanol–water partition coefficient (Wildman–Crippen LogP) is 4.85. The number of fused-ring (bicyclic) bond motifs is 1. The van der Waals surface area contributed by atoms with Crippen LogP contribution >= 0.6 is 0 Å². The number of aromatic nitrogens is 1. The summed E-state index contributed by atoms with van der Waals surface area (Å²) in [4.78, 5) is 11.8. The Bertz CT molecular complexity index is 862. The lowest BCUT2D eigenvalue weighted by Crippen LogP contribution is -2.23. The average Bonchev–Trinajstić information content (AvgIpc) is 3.00. The number of carbonyl (C=O) groups excluding carboxylic acids is 1. The van der Waals surface area contributed by atoms with Crippen LogP contribution in [0.15, 0.2) is 54.7 Å². The fourth-order valence-corrected chi connectivity index (χ4v) is 3.34. The Morgan fingerprint density at radius 3 is 2.62 bits per heavy atom. The number of amides is 1. The molecular formula is C23H28N2O. The van der Waals surface area contributed by atoms with Gasteiger partial charge < -0.3 is 9.88 Å². The van der Waals surface area contributed by atoms with Gasteiger partial charge >= 0.3 is 0 Å². The third-order valence-electron chi connectivity index (χ3n) is 4.77. The molecule has 1 aromatic heterocycles. The molecular weight excluding hydrogens is 320 g/mol. The first-order chi connectivity index (χ1) is 12.7. The molecule has 3 rings (SSSR count). The number of rotatable bonds is 8. The van der Waals surface area contributed by atoms with Crippen LogP contribution in [-0.2, 0) is 17.8 Å². The van der Waals surface area contributed by atoms with E-state index in [1.165, 1.54) is 27.6 Å². The molecule has 0 saturated carbocycles. The fourth-order valence-electron chi connectivity index (χ4n) is 3.34. The Balaban J connectivity index is 1.72. The molecule has 26 heavy (non-hydrogen) atoms. The fraction of sp³-hybridized carbons (Fsp3) is 0.348. The minimum absolute atomic E-state index is 0.162. The molecule has 0 bridgehead atoms. The van der Waals surface area contributed by atoms with Gasteiger partial charge in [-0.05, 0) is 43.4 Å². The number of aryl methyl sites for hydroxylation is 2. The van der Waals surface area contributed by atoms with E-state index >= 15 is 0 Å². The maximum absolute atomic E-state index is 11.8. The standard InChI is InChI=1S/C23H28N2O/c1-3-15-24-23(26)10-6-7-20-17-25(22-9-5-4-8-21(20)22)16-19-13-11-18(2)12-14-19/h4-5,8-9,11-14,17H,3,6-7,10,15-16H2,1-2H3,(H,24,26). The number of carbonyl (C=O) groups is 1. The third-order valence-corrected chi connectivity index (χ3v) is 4.77. The van der Waals surface area contributed by atoms with Gasteiger partial charge in [-0.1, -0.05) is 55.0 Å². The zero-order valence-corrected chi connectivity index (χ0v) is 15.8. The summed E-state index contributed by atoms with van der Waals surface area (Å²) in [5.41, 5.74) is 5.18. The van der Waals surface area contributed by atoms with E-state index in [4.69, 9.17) is 0 Å². The van der Waals surface area contributed by atoms with Crippen molar-refractivity contribution in [3.63, 3.8) is 0 Å². The third kappa shape index (κ3) is 4.54. The molecule has 0 unspecified atom stereocenters. The highest BCUT2D eigenvalue weighted by Gasteiger charge is 2.09. The van der Waals surface area contributed by atoms with E-state index in [9.17, 15) is 4.79 Å². The highest BCUT2D eigenvalue weighted by Crippen LogP contribution is 2.24. The Kier molecular flexibility index (Phi) is 6.11. The second-order valence-corrected chi connectivity index (χ2v) is 6.99. The Morgan fingerprint density at radius 2 is 1.85 bits per heavy atom. The molecule has 0 atom stereocenters. The summed E-state index contributed by atoms with van der Waals surface area (Å²) in [6, 6.07) is 17.3. The molecule has 1 amide bonds. The van der Waals surface area contributed by atoms with Crippen LogP contribution in [0.25, 0.3) is 10.9 Å². The van der Waals surface area contributed by atoms with E-state index < -0.39 is 0 Å². The largest absolute Gasteiger partial charge is 0.356 e. The van der Waals surface area contributed by atoms with E-state index in [-0.39, 0.29) is 5.91 Å². The lowest BCUT2D eigenvalue weighted by atomic mass is 10.1. The molecule has 0 radical (unpaired) electrons. The van der Waals surface area contributed by atoms with Crippen molar-refractivity contribution in [2.75, 3.05) is 6.54 Å². The highest BCUT2D eigenvalue weighted by atomic mass is 16.1. The first-order valence-corrected chi connectivity index (χ1v) is 9.56. The van der Waals surface area contributed by atoms with Gasteiger partial charge in [0.25, 0.3) is 0 Å². The van der Waals surface area contributed by atoms with E-state index in [1.807, 2.05) is 0 Å². The minimum Gasteiger partial charge on any atom is -0.356 e. The van der Waals surface area contributed by atoms with Gasteiger partial charge in [0.05, 0.1) is 0 Å². The van der Waals surface area contributed by atoms with Gasteiger partial charge in [-0.15, -0.1) is 0 Å². The number of benzene rings is 2. The van der Waals surface area contributed by atoms with Crippen molar-refractivity contribution >= 4 is 16.8 Å². The van der Waals surface area contributed by atoms with Gasteiger partial charge in [-0.3, -0.25) is 4.79 Å². The zero-order valence-electron chi connectivity index (χ0n) is 15.8. The first kappa shape index (κ1) is 18.2. The molecule has 0 saturated heterocycles. The topological polar surface area (TPSA) is 34.0 Å². The summed E-state index contributed by atoms with van der Waals surface area (Å²) >= 11 is 0. The predicted molar refractivity (Wildman–Crippen MR) is 108 cm³/mol. The van der Waals surface area contributed by atoms with Crippen molar-refractivity contribution in [3.05, 3.63) is 71.4 Å². The van der Waals surface area contributed by atoms with Crippen molar-refractivity contribution in [1.29, 1.82) is 0 Å². The SMILES string of the molecule is CCCNC(=O)CCCc1cn(Cc2ccc(C)cc2)c2ccccc12. The van der Waals surface area contributed by atoms with Crippen LogP contribution in [0.3, 0.4) is 0 Å². The number of hydrogen-bond acceptors (Lipinski definition) is 1. The Labute approximate surface area is 156 Å². The van der Waals surface area contributed by atoms with Crippen molar-refractivity contribution in [2.45, 2.75) is 46.1 Å². The molecule has 3 heteroatoms. The normalized spacial score (nSPS) is 11.0. The zero-order chi connectivity index (χ0) is 18.4. The van der Waals surface area contributed by atoms with Crippen LogP contribution in [0.1, 0.15) is 42.9 Å². The lowest BCUT2D eigenvalue weighted by Gasteiger charge is -2.06. The minimum atomic E-state index is 0.162. The van der Waals surface area contributed by atoms with Gasteiger partial charge in [0, 0.05) is 36.6 Å². The molecule has 1 heterocycles. The van der Waals surface area contributed by atoms with Gasteiger partial charge in [-0.2, -0.15) is 0 Å². The summed E-state index contributed by atoms with van der Waals surface area (Å²) in [6.07, 6.45) is 5.65. The lowest BCUT2D eigenvalue weighted by molar-refractivity contribution is -0.121. The average molecular weight is 348 g/mol. The Hall–Kier alpha value is -2.55. The quantitative estimate of drug-likeness (QED) is 0.620. The smallest absolute Gasteiger partial charge is 0.220 e. The van der Waals surface area contributed by atoms with Crippen molar-refractivity contribution in [1.82, 2.24) is 9.88 Å². The first-order valence-electron chi connectivity index (χ1n) is 9.56. The molecule has 0 aliphatic rings. The van der Waals surface area contributed by atoms with Crippen molar-refractivity contribution in [3.8, 4) is 0 Å². The molecule has 3 aromatic rings. The molecule has 136 valence electrons. The van der Waals surface area contributed by atoms with Gasteiger partial charge in [0.2, 0.25) is 5.91 Å². The van der Waals surface area contributed by atoms with Crippen LogP contribution in [-0.4, -0.2) is 17.0 Å². The molecule has 2 aromatic carbocycles. The Morgan fingerprint density at radius 1 is 1.08 bits per heavy atom. The maximum atomic E-state index is 11.8. The number of para-hydroxylation sites is 1. The number of nitrogens with zero attached hydrogens (tertiary/aromatic N) is 1. The highest BCUT2D eigenvalue weighted by molar-refractivity contribution is 5.84. The van der Waals surface area contributed by atoms with Crippen LogP contribution in [0.2, 0.25) is 0 Å². The second kappa shape index (κ2) is 8.70. The molecule has 3 nitrogen and oxygen atoms in total. The molecule has 0 fully saturated rings. The van der Waals surface area contributed by atoms with Gasteiger partial charge in [0.15, 0.2) is 0 Å². The summed E-state index contributed by atoms with van der Waals surface area (Å²) < 4.78 is 2.33. The number of hydrogen-bond donors (Lipinski definition) is 1. The van der Waals surface area contributed by atoms with Crippen LogP contribution in [0.4, 0.5) is 0 Å². The van der Waals surface area contributed by atoms with Crippen LogP contribution in [0.5, 0.6) is 0 Å². The molecule has 0 aliphatic carbocycles. The van der Waals surface area contributed by atoms with E-state index in [0.717, 1.165) is 32.4 Å². The van der Waals surface area contributed by atoms with Gasteiger partial charge in [-0.25, -0.2) is 0 Å². The summed E-state index contributed by atoms with van der Waals surface area (Å²) in [6.45, 7) is 5.83. The molecule has 1 N–H and O–H groups in total. The molecule has 0 aliphatic heterocycles. The maximum Gasteiger partial charge on any atom is 0.220 e. The van der Waals surface area contributed by atoms with E-state index in [0.29, 0.717) is 6.42 Å². The number of nitrogens with one attached hydrogen (secondary N) is 1. The molecule has 0 spiro atoms. The van der Waals surface area contributed by atoms with Crippen molar-refractivity contribution in [2.24, 2.45) is 0 Å².